The quantitative estimate of drug-likeness (QED) is 0.587. The van der Waals surface area contributed by atoms with Crippen LogP contribution in [-0.4, -0.2) is 46.5 Å². The van der Waals surface area contributed by atoms with E-state index in [9.17, 15) is 10.2 Å². The van der Waals surface area contributed by atoms with Crippen molar-refractivity contribution in [3.05, 3.63) is 0 Å². The fraction of sp³-hybridized carbons (Fsp3) is 1.00. The lowest BCUT2D eigenvalue weighted by Gasteiger charge is -2.25. The Bertz CT molecular complexity index is 127. The lowest BCUT2D eigenvalue weighted by molar-refractivity contribution is 0.0752. The van der Waals surface area contributed by atoms with E-state index in [0.717, 1.165) is 13.0 Å². The molecule has 3 nitrogen and oxygen atoms in total. The lowest BCUT2D eigenvalue weighted by Crippen LogP contribution is -2.39. The van der Waals surface area contributed by atoms with Crippen LogP contribution in [0.2, 0.25) is 0 Å². The zero-order valence-electron chi connectivity index (χ0n) is 7.20. The van der Waals surface area contributed by atoms with Crippen molar-refractivity contribution >= 4 is 0 Å². The van der Waals surface area contributed by atoms with Crippen LogP contribution in [0.15, 0.2) is 0 Å². The highest BCUT2D eigenvalue weighted by Crippen LogP contribution is 2.14. The smallest absolute Gasteiger partial charge is 0.0679 e. The standard InChI is InChI=1S/C8H17NO2/c1-6(7(2)10)9-4-3-8(11)5-9/h6-8,10-11H,3-5H2,1-2H3/t6?,7?,8-/m0/s1. The Morgan fingerprint density at radius 1 is 1.45 bits per heavy atom. The largest absolute Gasteiger partial charge is 0.392 e. The Hall–Kier alpha value is -0.120. The molecule has 1 fully saturated rings. The van der Waals surface area contributed by atoms with E-state index in [1.807, 2.05) is 6.92 Å². The third kappa shape index (κ3) is 2.15. The zero-order valence-corrected chi connectivity index (χ0v) is 7.20. The van der Waals surface area contributed by atoms with Crippen molar-refractivity contribution in [2.75, 3.05) is 13.1 Å². The third-order valence-corrected chi connectivity index (χ3v) is 2.47. The normalized spacial score (nSPS) is 32.2. The number of hydrogen-bond acceptors (Lipinski definition) is 3. The van der Waals surface area contributed by atoms with E-state index in [1.54, 1.807) is 6.92 Å². The Balaban J connectivity index is 2.36. The van der Waals surface area contributed by atoms with E-state index in [4.69, 9.17) is 0 Å². The summed E-state index contributed by atoms with van der Waals surface area (Å²) in [5, 5.41) is 18.5. The van der Waals surface area contributed by atoms with E-state index in [0.29, 0.717) is 6.54 Å². The van der Waals surface area contributed by atoms with Gasteiger partial charge in [-0.15, -0.1) is 0 Å². The number of likely N-dealkylation sites (tertiary alicyclic amines) is 1. The van der Waals surface area contributed by atoms with Gasteiger partial charge in [-0.2, -0.15) is 0 Å². The van der Waals surface area contributed by atoms with Crippen LogP contribution in [0.5, 0.6) is 0 Å². The fourth-order valence-electron chi connectivity index (χ4n) is 1.44. The Kier molecular flexibility index (Phi) is 2.87. The molecule has 1 heterocycles. The molecular formula is C8H17NO2. The molecule has 1 aliphatic rings. The summed E-state index contributed by atoms with van der Waals surface area (Å²) in [6, 6.07) is 0.173. The molecule has 0 aromatic heterocycles. The van der Waals surface area contributed by atoms with Crippen molar-refractivity contribution in [1.29, 1.82) is 0 Å². The van der Waals surface area contributed by atoms with Crippen molar-refractivity contribution in [2.24, 2.45) is 0 Å². The molecular weight excluding hydrogens is 142 g/mol. The maximum Gasteiger partial charge on any atom is 0.0679 e. The summed E-state index contributed by atoms with van der Waals surface area (Å²) < 4.78 is 0. The second-order valence-electron chi connectivity index (χ2n) is 3.42. The van der Waals surface area contributed by atoms with Gasteiger partial charge >= 0.3 is 0 Å². The molecule has 0 aromatic rings. The fourth-order valence-corrected chi connectivity index (χ4v) is 1.44. The molecule has 0 aliphatic carbocycles. The van der Waals surface area contributed by atoms with Gasteiger partial charge in [0.25, 0.3) is 0 Å². The summed E-state index contributed by atoms with van der Waals surface area (Å²) >= 11 is 0. The molecule has 2 unspecified atom stereocenters. The Labute approximate surface area is 67.6 Å². The maximum atomic E-state index is 9.24. The first-order valence-electron chi connectivity index (χ1n) is 4.21. The molecule has 1 aliphatic heterocycles. The summed E-state index contributed by atoms with van der Waals surface area (Å²) in [5.74, 6) is 0. The van der Waals surface area contributed by atoms with Crippen LogP contribution in [-0.2, 0) is 0 Å². The van der Waals surface area contributed by atoms with Gasteiger partial charge in [0.15, 0.2) is 0 Å². The molecule has 0 bridgehead atoms. The second-order valence-corrected chi connectivity index (χ2v) is 3.42. The van der Waals surface area contributed by atoms with E-state index in [-0.39, 0.29) is 18.2 Å². The van der Waals surface area contributed by atoms with Crippen LogP contribution in [0.25, 0.3) is 0 Å². The number of β-amino-alcohol motifs (C(OH)–C–C–N with tert-alkyl or cyclic N) is 1. The number of nitrogens with zero attached hydrogens (tertiary/aromatic N) is 1. The van der Waals surface area contributed by atoms with Crippen molar-refractivity contribution in [2.45, 2.75) is 38.5 Å². The second kappa shape index (κ2) is 3.52. The van der Waals surface area contributed by atoms with E-state index in [1.165, 1.54) is 0 Å². The molecule has 1 rings (SSSR count). The predicted octanol–water partition coefficient (Wildman–Crippen LogP) is -0.178. The first-order valence-corrected chi connectivity index (χ1v) is 4.21. The minimum absolute atomic E-state index is 0.173. The highest BCUT2D eigenvalue weighted by molar-refractivity contribution is 4.80. The highest BCUT2D eigenvalue weighted by atomic mass is 16.3. The van der Waals surface area contributed by atoms with Crippen molar-refractivity contribution in [1.82, 2.24) is 4.90 Å². The number of aliphatic hydroxyl groups is 2. The minimum atomic E-state index is -0.305. The molecule has 3 heteroatoms. The van der Waals surface area contributed by atoms with Gasteiger partial charge in [0.1, 0.15) is 0 Å². The SMILES string of the molecule is CC(O)C(C)N1CC[C@H](O)C1. The predicted molar refractivity (Wildman–Crippen MR) is 43.3 cm³/mol. The summed E-state index contributed by atoms with van der Waals surface area (Å²) in [6.45, 7) is 5.40. The van der Waals surface area contributed by atoms with Crippen LogP contribution in [0.1, 0.15) is 20.3 Å². The van der Waals surface area contributed by atoms with Crippen LogP contribution in [0.4, 0.5) is 0 Å². The monoisotopic (exact) mass is 159 g/mol. The number of hydrogen-bond donors (Lipinski definition) is 2. The van der Waals surface area contributed by atoms with Crippen LogP contribution in [0.3, 0.4) is 0 Å². The van der Waals surface area contributed by atoms with Crippen LogP contribution in [0, 0.1) is 0 Å². The van der Waals surface area contributed by atoms with Gasteiger partial charge in [-0.25, -0.2) is 0 Å². The van der Waals surface area contributed by atoms with Crippen molar-refractivity contribution in [3.63, 3.8) is 0 Å². The molecule has 3 atom stereocenters. The number of rotatable bonds is 2. The molecule has 2 N–H and O–H groups in total. The first kappa shape index (κ1) is 8.97. The summed E-state index contributed by atoms with van der Waals surface area (Å²) in [7, 11) is 0. The van der Waals surface area contributed by atoms with Crippen LogP contribution >= 0.6 is 0 Å². The van der Waals surface area contributed by atoms with Gasteiger partial charge in [-0.05, 0) is 20.3 Å². The van der Waals surface area contributed by atoms with Gasteiger partial charge in [0, 0.05) is 19.1 Å². The van der Waals surface area contributed by atoms with Gasteiger partial charge in [-0.3, -0.25) is 4.90 Å². The highest BCUT2D eigenvalue weighted by Gasteiger charge is 2.26. The summed E-state index contributed by atoms with van der Waals surface area (Å²) in [4.78, 5) is 2.12. The van der Waals surface area contributed by atoms with Gasteiger partial charge < -0.3 is 10.2 Å². The van der Waals surface area contributed by atoms with Gasteiger partial charge in [-0.1, -0.05) is 0 Å². The molecule has 0 aromatic carbocycles. The van der Waals surface area contributed by atoms with E-state index < -0.39 is 0 Å². The van der Waals surface area contributed by atoms with Gasteiger partial charge in [0.05, 0.1) is 12.2 Å². The van der Waals surface area contributed by atoms with E-state index in [2.05, 4.69) is 4.90 Å². The van der Waals surface area contributed by atoms with Crippen molar-refractivity contribution in [3.8, 4) is 0 Å². The van der Waals surface area contributed by atoms with Crippen molar-refractivity contribution < 1.29 is 10.2 Å². The topological polar surface area (TPSA) is 43.7 Å². The molecule has 0 spiro atoms. The number of aliphatic hydroxyl groups excluding tert-OH is 2. The first-order chi connectivity index (χ1) is 5.11. The molecule has 0 amide bonds. The zero-order chi connectivity index (χ0) is 8.43. The Morgan fingerprint density at radius 2 is 2.09 bits per heavy atom. The average Bonchev–Trinajstić information content (AvgIpc) is 2.34. The molecule has 0 radical (unpaired) electrons. The summed E-state index contributed by atoms with van der Waals surface area (Å²) in [6.07, 6.45) is 0.355. The Morgan fingerprint density at radius 3 is 2.45 bits per heavy atom. The minimum Gasteiger partial charge on any atom is -0.392 e. The van der Waals surface area contributed by atoms with Crippen LogP contribution < -0.4 is 0 Å². The molecule has 11 heavy (non-hydrogen) atoms. The average molecular weight is 159 g/mol. The third-order valence-electron chi connectivity index (χ3n) is 2.47. The molecule has 66 valence electrons. The van der Waals surface area contributed by atoms with E-state index >= 15 is 0 Å². The molecule has 1 saturated heterocycles. The van der Waals surface area contributed by atoms with Gasteiger partial charge in [0.2, 0.25) is 0 Å². The molecule has 0 saturated carbocycles. The summed E-state index contributed by atoms with van der Waals surface area (Å²) in [5.41, 5.74) is 0. The maximum absolute atomic E-state index is 9.24. The lowest BCUT2D eigenvalue weighted by atomic mass is 10.2.